The van der Waals surface area contributed by atoms with E-state index in [0.717, 1.165) is 50.6 Å². The minimum atomic E-state index is 0.688. The van der Waals surface area contributed by atoms with Crippen LogP contribution in [0.25, 0.3) is 0 Å². The lowest BCUT2D eigenvalue weighted by Gasteiger charge is -2.10. The fraction of sp³-hybridized carbons (Fsp3) is 0.714. The Hall–Kier alpha value is -1.14. The Morgan fingerprint density at radius 1 is 1.40 bits per heavy atom. The molecule has 0 saturated carbocycles. The molecule has 1 aromatic rings. The van der Waals surface area contributed by atoms with Crippen molar-refractivity contribution in [1.82, 2.24) is 15.6 Å². The van der Waals surface area contributed by atoms with Crippen LogP contribution in [0.15, 0.2) is 10.4 Å². The molecule has 0 aliphatic heterocycles. The van der Waals surface area contributed by atoms with Crippen LogP contribution in [-0.4, -0.2) is 44.3 Å². The molecule has 0 amide bonds. The van der Waals surface area contributed by atoms with E-state index in [9.17, 15) is 0 Å². The Balaban J connectivity index is 2.18. The van der Waals surface area contributed by atoms with Crippen molar-refractivity contribution in [1.29, 1.82) is 0 Å². The quantitative estimate of drug-likeness (QED) is 0.416. The molecule has 0 aliphatic rings. The summed E-state index contributed by atoms with van der Waals surface area (Å²) in [7, 11) is 1.70. The minimum absolute atomic E-state index is 0.688. The molecule has 1 aromatic heterocycles. The number of aromatic nitrogens is 1. The Kier molecular flexibility index (Phi) is 8.98. The number of unbranched alkanes of at least 4 members (excludes halogenated alkanes) is 1. The normalized spacial score (nSPS) is 11.7. The summed E-state index contributed by atoms with van der Waals surface area (Å²) in [5.41, 5.74) is 1.12. The van der Waals surface area contributed by atoms with Crippen LogP contribution in [0, 0.1) is 6.92 Å². The van der Waals surface area contributed by atoms with Crippen molar-refractivity contribution in [3.63, 3.8) is 0 Å². The predicted molar refractivity (Wildman–Crippen MR) is 85.6 cm³/mol. The first-order valence-electron chi connectivity index (χ1n) is 7.18. The van der Waals surface area contributed by atoms with Crippen molar-refractivity contribution in [2.45, 2.75) is 33.1 Å². The number of hydrogen-bond donors (Lipinski definition) is 2. The van der Waals surface area contributed by atoms with Crippen LogP contribution in [0.4, 0.5) is 0 Å². The Bertz CT molecular complexity index is 392. The maximum Gasteiger partial charge on any atom is 0.191 e. The van der Waals surface area contributed by atoms with Crippen LogP contribution in [-0.2, 0) is 11.2 Å². The summed E-state index contributed by atoms with van der Waals surface area (Å²) < 4.78 is 5.01. The lowest BCUT2D eigenvalue weighted by atomic mass is 10.2. The zero-order chi connectivity index (χ0) is 14.6. The number of aliphatic imine (C=N–C) groups is 1. The van der Waals surface area contributed by atoms with Crippen molar-refractivity contribution in [3.05, 3.63) is 16.1 Å². The number of guanidine groups is 1. The molecule has 0 fully saturated rings. The van der Waals surface area contributed by atoms with E-state index in [1.54, 1.807) is 18.4 Å². The summed E-state index contributed by atoms with van der Waals surface area (Å²) in [5, 5.41) is 9.80. The van der Waals surface area contributed by atoms with Crippen molar-refractivity contribution < 1.29 is 4.74 Å². The molecule has 0 aromatic carbocycles. The molecule has 2 N–H and O–H groups in total. The molecular formula is C14H26N4OS. The highest BCUT2D eigenvalue weighted by atomic mass is 32.1. The van der Waals surface area contributed by atoms with E-state index in [2.05, 4.69) is 32.9 Å². The number of methoxy groups -OCH3 is 1. The highest BCUT2D eigenvalue weighted by Crippen LogP contribution is 2.11. The number of rotatable bonds is 9. The van der Waals surface area contributed by atoms with Crippen molar-refractivity contribution in [2.24, 2.45) is 4.99 Å². The standard InChI is InChI=1S/C14H26N4OS/c1-4-15-14(17-9-10-19-3)16-8-6-5-7-13-18-12(2)11-20-13/h11H,4-10H2,1-3H3,(H2,15,16,17). The minimum Gasteiger partial charge on any atom is -0.383 e. The van der Waals surface area contributed by atoms with Gasteiger partial charge in [-0.25, -0.2) is 4.98 Å². The monoisotopic (exact) mass is 298 g/mol. The molecule has 0 spiro atoms. The first kappa shape index (κ1) is 16.9. The van der Waals surface area contributed by atoms with Gasteiger partial charge in [0.05, 0.1) is 11.6 Å². The van der Waals surface area contributed by atoms with Gasteiger partial charge in [0.15, 0.2) is 5.96 Å². The third-order valence-electron chi connectivity index (χ3n) is 2.68. The molecule has 5 nitrogen and oxygen atoms in total. The van der Waals surface area contributed by atoms with Gasteiger partial charge in [-0.2, -0.15) is 0 Å². The van der Waals surface area contributed by atoms with Gasteiger partial charge in [0.1, 0.15) is 0 Å². The number of nitrogens with one attached hydrogen (secondary N) is 2. The number of thiazole rings is 1. The summed E-state index contributed by atoms with van der Waals surface area (Å²) in [4.78, 5) is 9.01. The highest BCUT2D eigenvalue weighted by molar-refractivity contribution is 7.09. The Labute approximate surface area is 125 Å². The summed E-state index contributed by atoms with van der Waals surface area (Å²) in [5.74, 6) is 0.870. The van der Waals surface area contributed by atoms with E-state index < -0.39 is 0 Å². The number of ether oxygens (including phenoxy) is 1. The van der Waals surface area contributed by atoms with E-state index in [0.29, 0.717) is 6.61 Å². The van der Waals surface area contributed by atoms with Crippen LogP contribution in [0.1, 0.15) is 30.5 Å². The average molecular weight is 298 g/mol. The topological polar surface area (TPSA) is 58.5 Å². The zero-order valence-electron chi connectivity index (χ0n) is 12.7. The third kappa shape index (κ3) is 7.45. The predicted octanol–water partition coefficient (Wildman–Crippen LogP) is 1.98. The lowest BCUT2D eigenvalue weighted by Crippen LogP contribution is -2.39. The van der Waals surface area contributed by atoms with Gasteiger partial charge in [0, 0.05) is 37.8 Å². The highest BCUT2D eigenvalue weighted by Gasteiger charge is 1.99. The fourth-order valence-corrected chi connectivity index (χ4v) is 2.53. The van der Waals surface area contributed by atoms with Gasteiger partial charge >= 0.3 is 0 Å². The molecular weight excluding hydrogens is 272 g/mol. The molecule has 20 heavy (non-hydrogen) atoms. The van der Waals surface area contributed by atoms with Crippen LogP contribution >= 0.6 is 11.3 Å². The zero-order valence-corrected chi connectivity index (χ0v) is 13.6. The van der Waals surface area contributed by atoms with Crippen LogP contribution in [0.2, 0.25) is 0 Å². The van der Waals surface area contributed by atoms with Gasteiger partial charge < -0.3 is 15.4 Å². The fourth-order valence-electron chi connectivity index (χ4n) is 1.71. The SMILES string of the molecule is CCNC(=NCCCCc1nc(C)cs1)NCCOC. The van der Waals surface area contributed by atoms with Crippen LogP contribution < -0.4 is 10.6 Å². The Morgan fingerprint density at radius 3 is 2.90 bits per heavy atom. The van der Waals surface area contributed by atoms with Crippen LogP contribution in [0.5, 0.6) is 0 Å². The van der Waals surface area contributed by atoms with Gasteiger partial charge in [-0.15, -0.1) is 11.3 Å². The molecule has 1 heterocycles. The summed E-state index contributed by atoms with van der Waals surface area (Å²) >= 11 is 1.75. The summed E-state index contributed by atoms with van der Waals surface area (Å²) in [6.45, 7) is 7.29. The second-order valence-corrected chi connectivity index (χ2v) is 5.46. The van der Waals surface area contributed by atoms with E-state index >= 15 is 0 Å². The number of aryl methyl sites for hydroxylation is 2. The van der Waals surface area contributed by atoms with Crippen molar-refractivity contribution in [3.8, 4) is 0 Å². The molecule has 0 radical (unpaired) electrons. The molecule has 0 unspecified atom stereocenters. The first-order valence-corrected chi connectivity index (χ1v) is 8.06. The summed E-state index contributed by atoms with van der Waals surface area (Å²) in [6, 6.07) is 0. The maximum atomic E-state index is 5.01. The molecule has 0 aliphatic carbocycles. The molecule has 0 atom stereocenters. The van der Waals surface area contributed by atoms with Gasteiger partial charge in [-0.3, -0.25) is 4.99 Å². The van der Waals surface area contributed by atoms with E-state index in [-0.39, 0.29) is 0 Å². The maximum absolute atomic E-state index is 5.01. The lowest BCUT2D eigenvalue weighted by molar-refractivity contribution is 0.203. The number of hydrogen-bond acceptors (Lipinski definition) is 4. The van der Waals surface area contributed by atoms with Gasteiger partial charge in [-0.05, 0) is 33.1 Å². The third-order valence-corrected chi connectivity index (χ3v) is 3.70. The van der Waals surface area contributed by atoms with Crippen molar-refractivity contribution in [2.75, 3.05) is 33.4 Å². The smallest absolute Gasteiger partial charge is 0.191 e. The van der Waals surface area contributed by atoms with E-state index in [1.165, 1.54) is 5.01 Å². The average Bonchev–Trinajstić information content (AvgIpc) is 2.84. The Morgan fingerprint density at radius 2 is 2.25 bits per heavy atom. The van der Waals surface area contributed by atoms with E-state index in [1.807, 2.05) is 6.92 Å². The van der Waals surface area contributed by atoms with Crippen LogP contribution in [0.3, 0.4) is 0 Å². The molecule has 0 bridgehead atoms. The van der Waals surface area contributed by atoms with Gasteiger partial charge in [0.2, 0.25) is 0 Å². The van der Waals surface area contributed by atoms with Crippen molar-refractivity contribution >= 4 is 17.3 Å². The first-order chi connectivity index (χ1) is 9.76. The molecule has 6 heteroatoms. The summed E-state index contributed by atoms with van der Waals surface area (Å²) in [6.07, 6.45) is 3.27. The molecule has 114 valence electrons. The second kappa shape index (κ2) is 10.6. The van der Waals surface area contributed by atoms with E-state index in [4.69, 9.17) is 4.74 Å². The molecule has 0 saturated heterocycles. The largest absolute Gasteiger partial charge is 0.383 e. The van der Waals surface area contributed by atoms with Gasteiger partial charge in [0.25, 0.3) is 0 Å². The molecule has 1 rings (SSSR count). The second-order valence-electron chi connectivity index (χ2n) is 4.52. The van der Waals surface area contributed by atoms with Gasteiger partial charge in [-0.1, -0.05) is 0 Å². The number of nitrogens with zero attached hydrogens (tertiary/aromatic N) is 2.